The molecule has 3 N–H and O–H groups in total. The summed E-state index contributed by atoms with van der Waals surface area (Å²) >= 11 is 0. The molecule has 1 unspecified atom stereocenters. The van der Waals surface area contributed by atoms with Crippen LogP contribution in [0.3, 0.4) is 0 Å². The van der Waals surface area contributed by atoms with E-state index in [0.717, 1.165) is 25.7 Å². The van der Waals surface area contributed by atoms with Gasteiger partial charge in [-0.3, -0.25) is 0 Å². The number of aryl methyl sites for hydroxylation is 1. The summed E-state index contributed by atoms with van der Waals surface area (Å²) in [6, 6.07) is 17.5. The lowest BCUT2D eigenvalue weighted by Gasteiger charge is -2.24. The molecule has 0 amide bonds. The Bertz CT molecular complexity index is 804. The third kappa shape index (κ3) is 2.84. The molecule has 0 saturated heterocycles. The number of aliphatic hydroxyl groups excluding tert-OH is 1. The summed E-state index contributed by atoms with van der Waals surface area (Å²) in [6.45, 7) is 0.207. The molecule has 2 aromatic carbocycles. The molecule has 3 nitrogen and oxygen atoms in total. The van der Waals surface area contributed by atoms with Gasteiger partial charge in [-0.05, 0) is 55.0 Å². The minimum absolute atomic E-state index is 0.207. The molecule has 118 valence electrons. The molecule has 3 heteroatoms. The summed E-state index contributed by atoms with van der Waals surface area (Å²) in [4.78, 5) is 3.57. The molecule has 1 heterocycles. The van der Waals surface area contributed by atoms with Crippen LogP contribution in [-0.4, -0.2) is 22.7 Å². The number of aromatic nitrogens is 1. The van der Waals surface area contributed by atoms with Crippen molar-refractivity contribution in [3.8, 4) is 0 Å². The molecule has 0 bridgehead atoms. The second kappa shape index (κ2) is 6.09. The smallest absolute Gasteiger partial charge is 0.0471 e. The number of aliphatic hydroxyl groups is 1. The number of fused-ring (bicyclic) bond motifs is 3. The SMILES string of the molecule is OCCc1ccc(NC2CCc3[nH]c4ccccc4c3C2)cc1. The van der Waals surface area contributed by atoms with E-state index in [2.05, 4.69) is 58.8 Å². The van der Waals surface area contributed by atoms with Crippen molar-refractivity contribution in [2.24, 2.45) is 0 Å². The fraction of sp³-hybridized carbons (Fsp3) is 0.300. The lowest BCUT2D eigenvalue weighted by atomic mass is 9.91. The Morgan fingerprint density at radius 1 is 1.09 bits per heavy atom. The third-order valence-corrected chi connectivity index (χ3v) is 4.82. The van der Waals surface area contributed by atoms with E-state index >= 15 is 0 Å². The lowest BCUT2D eigenvalue weighted by molar-refractivity contribution is 0.299. The Hall–Kier alpha value is -2.26. The number of benzene rings is 2. The number of rotatable bonds is 4. The third-order valence-electron chi connectivity index (χ3n) is 4.82. The second-order valence-electron chi connectivity index (χ2n) is 6.38. The molecule has 1 aromatic heterocycles. The van der Waals surface area contributed by atoms with Crippen LogP contribution in [0, 0.1) is 0 Å². The molecule has 0 fully saturated rings. The Morgan fingerprint density at radius 3 is 2.74 bits per heavy atom. The monoisotopic (exact) mass is 306 g/mol. The zero-order valence-corrected chi connectivity index (χ0v) is 13.2. The minimum atomic E-state index is 0.207. The summed E-state index contributed by atoms with van der Waals surface area (Å²) in [5, 5.41) is 14.0. The first-order valence-corrected chi connectivity index (χ1v) is 8.38. The van der Waals surface area contributed by atoms with Crippen LogP contribution in [0.1, 0.15) is 23.2 Å². The highest BCUT2D eigenvalue weighted by atomic mass is 16.2. The predicted octanol–water partition coefficient (Wildman–Crippen LogP) is 3.67. The highest BCUT2D eigenvalue weighted by Crippen LogP contribution is 2.30. The van der Waals surface area contributed by atoms with Crippen molar-refractivity contribution < 1.29 is 5.11 Å². The summed E-state index contributed by atoms with van der Waals surface area (Å²) in [5.74, 6) is 0. The van der Waals surface area contributed by atoms with Crippen LogP contribution in [0.15, 0.2) is 48.5 Å². The fourth-order valence-electron chi connectivity index (χ4n) is 3.63. The highest BCUT2D eigenvalue weighted by Gasteiger charge is 2.22. The molecular formula is C20H22N2O. The van der Waals surface area contributed by atoms with Gasteiger partial charge in [-0.25, -0.2) is 0 Å². The average Bonchev–Trinajstić information content (AvgIpc) is 2.95. The quantitative estimate of drug-likeness (QED) is 0.689. The van der Waals surface area contributed by atoms with Gasteiger partial charge in [0.2, 0.25) is 0 Å². The van der Waals surface area contributed by atoms with Crippen LogP contribution < -0.4 is 5.32 Å². The summed E-state index contributed by atoms with van der Waals surface area (Å²) < 4.78 is 0. The van der Waals surface area contributed by atoms with Gasteiger partial charge in [0.05, 0.1) is 0 Å². The van der Waals surface area contributed by atoms with E-state index in [0.29, 0.717) is 6.04 Å². The number of nitrogens with one attached hydrogen (secondary N) is 2. The number of aromatic amines is 1. The number of anilines is 1. The largest absolute Gasteiger partial charge is 0.396 e. The molecule has 23 heavy (non-hydrogen) atoms. The highest BCUT2D eigenvalue weighted by molar-refractivity contribution is 5.85. The Balaban J connectivity index is 1.51. The zero-order chi connectivity index (χ0) is 15.6. The molecule has 0 saturated carbocycles. The molecule has 0 radical (unpaired) electrons. The van der Waals surface area contributed by atoms with Gasteiger partial charge in [0.15, 0.2) is 0 Å². The topological polar surface area (TPSA) is 48.0 Å². The normalized spacial score (nSPS) is 17.2. The molecule has 1 aliphatic rings. The van der Waals surface area contributed by atoms with Crippen LogP contribution >= 0.6 is 0 Å². The van der Waals surface area contributed by atoms with Gasteiger partial charge in [-0.1, -0.05) is 30.3 Å². The van der Waals surface area contributed by atoms with Gasteiger partial charge in [-0.2, -0.15) is 0 Å². The Kier molecular flexibility index (Phi) is 3.80. The van der Waals surface area contributed by atoms with Gasteiger partial charge in [-0.15, -0.1) is 0 Å². The van der Waals surface area contributed by atoms with Crippen LogP contribution in [-0.2, 0) is 19.3 Å². The number of hydrogen-bond acceptors (Lipinski definition) is 2. The maximum absolute atomic E-state index is 8.99. The number of hydrogen-bond donors (Lipinski definition) is 3. The summed E-state index contributed by atoms with van der Waals surface area (Å²) in [6.07, 6.45) is 4.04. The van der Waals surface area contributed by atoms with E-state index in [1.807, 2.05) is 0 Å². The first-order chi connectivity index (χ1) is 11.3. The molecule has 0 aliphatic heterocycles. The van der Waals surface area contributed by atoms with E-state index in [4.69, 9.17) is 5.11 Å². The Morgan fingerprint density at radius 2 is 1.91 bits per heavy atom. The second-order valence-corrected chi connectivity index (χ2v) is 6.38. The van der Waals surface area contributed by atoms with Crippen molar-refractivity contribution in [3.63, 3.8) is 0 Å². The maximum atomic E-state index is 8.99. The van der Waals surface area contributed by atoms with Crippen molar-refractivity contribution >= 4 is 16.6 Å². The van der Waals surface area contributed by atoms with Crippen molar-refractivity contribution in [1.82, 2.24) is 4.98 Å². The molecule has 1 aliphatic carbocycles. The van der Waals surface area contributed by atoms with Crippen LogP contribution in [0.25, 0.3) is 10.9 Å². The van der Waals surface area contributed by atoms with Crippen LogP contribution in [0.4, 0.5) is 5.69 Å². The fourth-order valence-corrected chi connectivity index (χ4v) is 3.63. The summed E-state index contributed by atoms with van der Waals surface area (Å²) in [5.41, 5.74) is 6.48. The van der Waals surface area contributed by atoms with Gasteiger partial charge in [0, 0.05) is 34.9 Å². The van der Waals surface area contributed by atoms with Gasteiger partial charge in [0.1, 0.15) is 0 Å². The predicted molar refractivity (Wildman–Crippen MR) is 95.0 cm³/mol. The van der Waals surface area contributed by atoms with E-state index in [1.165, 1.54) is 33.4 Å². The molecule has 4 rings (SSSR count). The molecular weight excluding hydrogens is 284 g/mol. The lowest BCUT2D eigenvalue weighted by Crippen LogP contribution is -2.27. The molecule has 0 spiro atoms. The average molecular weight is 306 g/mol. The van der Waals surface area contributed by atoms with E-state index in [-0.39, 0.29) is 6.61 Å². The first kappa shape index (κ1) is 14.3. The number of para-hydroxylation sites is 1. The van der Waals surface area contributed by atoms with Crippen molar-refractivity contribution in [2.45, 2.75) is 31.7 Å². The van der Waals surface area contributed by atoms with Crippen LogP contribution in [0.5, 0.6) is 0 Å². The molecule has 1 atom stereocenters. The van der Waals surface area contributed by atoms with Crippen molar-refractivity contribution in [3.05, 3.63) is 65.4 Å². The van der Waals surface area contributed by atoms with Crippen molar-refractivity contribution in [2.75, 3.05) is 11.9 Å². The number of H-pyrrole nitrogens is 1. The summed E-state index contributed by atoms with van der Waals surface area (Å²) in [7, 11) is 0. The van der Waals surface area contributed by atoms with Crippen LogP contribution in [0.2, 0.25) is 0 Å². The molecule has 3 aromatic rings. The minimum Gasteiger partial charge on any atom is -0.396 e. The van der Waals surface area contributed by atoms with Gasteiger partial charge < -0.3 is 15.4 Å². The Labute approximate surface area is 136 Å². The van der Waals surface area contributed by atoms with E-state index in [1.54, 1.807) is 0 Å². The van der Waals surface area contributed by atoms with Crippen molar-refractivity contribution in [1.29, 1.82) is 0 Å². The van der Waals surface area contributed by atoms with E-state index in [9.17, 15) is 0 Å². The zero-order valence-electron chi connectivity index (χ0n) is 13.2. The van der Waals surface area contributed by atoms with Gasteiger partial charge in [0.25, 0.3) is 0 Å². The van der Waals surface area contributed by atoms with Gasteiger partial charge >= 0.3 is 0 Å². The maximum Gasteiger partial charge on any atom is 0.0471 e. The standard InChI is InChI=1S/C20H22N2O/c23-12-11-14-5-7-15(8-6-14)21-16-9-10-20-18(13-16)17-3-1-2-4-19(17)22-20/h1-8,16,21-23H,9-13H2. The first-order valence-electron chi connectivity index (χ1n) is 8.38. The van der Waals surface area contributed by atoms with E-state index < -0.39 is 0 Å².